The van der Waals surface area contributed by atoms with Crippen molar-refractivity contribution < 1.29 is 38.1 Å². The molecule has 0 aliphatic carbocycles. The second-order valence-corrected chi connectivity index (χ2v) is 9.32. The number of benzene rings is 2. The van der Waals surface area contributed by atoms with Crippen molar-refractivity contribution in [3.05, 3.63) is 69.9 Å². The summed E-state index contributed by atoms with van der Waals surface area (Å²) in [5, 5.41) is 9.31. The van der Waals surface area contributed by atoms with Crippen LogP contribution < -0.4 is 35.0 Å². The molecule has 2 aromatic carbocycles. The minimum atomic E-state index is -0.777. The number of esters is 1. The Bertz CT molecular complexity index is 1380. The van der Waals surface area contributed by atoms with Gasteiger partial charge in [0, 0.05) is 15.7 Å². The van der Waals surface area contributed by atoms with E-state index in [1.165, 1.54) is 20.4 Å². The Morgan fingerprint density at radius 2 is 1.88 bits per heavy atom. The normalized spacial score (nSPS) is 14.6. The molecule has 1 aliphatic rings. The molecule has 41 heavy (non-hydrogen) atoms. The molecule has 0 radical (unpaired) electrons. The van der Waals surface area contributed by atoms with Gasteiger partial charge in [0.1, 0.15) is 6.61 Å². The molecule has 0 bridgehead atoms. The lowest BCUT2D eigenvalue weighted by Crippen LogP contribution is -2.45. The molecule has 2 aromatic rings. The maximum atomic E-state index is 12.6. The van der Waals surface area contributed by atoms with E-state index >= 15 is 0 Å². The molecule has 1 atom stereocenters. The van der Waals surface area contributed by atoms with E-state index in [-0.39, 0.29) is 36.9 Å². The van der Waals surface area contributed by atoms with Crippen LogP contribution in [0, 0.1) is 0 Å². The Morgan fingerprint density at radius 3 is 2.56 bits per heavy atom. The van der Waals surface area contributed by atoms with Crippen LogP contribution >= 0.6 is 15.9 Å². The van der Waals surface area contributed by atoms with Crippen molar-refractivity contribution in [2.45, 2.75) is 19.9 Å². The Labute approximate surface area is 245 Å². The summed E-state index contributed by atoms with van der Waals surface area (Å²) in [6, 6.07) is 7.11. The van der Waals surface area contributed by atoms with Gasteiger partial charge in [0.05, 0.1) is 38.7 Å². The van der Waals surface area contributed by atoms with E-state index in [1.54, 1.807) is 50.3 Å². The third kappa shape index (κ3) is 8.01. The van der Waals surface area contributed by atoms with Crippen molar-refractivity contribution in [1.29, 1.82) is 0 Å². The van der Waals surface area contributed by atoms with E-state index in [4.69, 9.17) is 23.7 Å². The first kappa shape index (κ1) is 31.0. The maximum absolute atomic E-state index is 12.6. The van der Waals surface area contributed by atoms with E-state index in [0.29, 0.717) is 28.3 Å². The quantitative estimate of drug-likeness (QED) is 0.131. The molecule has 0 saturated carbocycles. The lowest BCUT2D eigenvalue weighted by Gasteiger charge is -2.28. The van der Waals surface area contributed by atoms with E-state index < -0.39 is 23.9 Å². The number of halogens is 1. The Balaban J connectivity index is 1.71. The van der Waals surface area contributed by atoms with Gasteiger partial charge in [-0.15, -0.1) is 0 Å². The predicted molar refractivity (Wildman–Crippen MR) is 154 cm³/mol. The molecule has 0 aromatic heterocycles. The van der Waals surface area contributed by atoms with Crippen LogP contribution in [0.3, 0.4) is 0 Å². The number of carbonyl (C=O) groups excluding carboxylic acids is 3. The number of rotatable bonds is 13. The zero-order chi connectivity index (χ0) is 29.9. The lowest BCUT2D eigenvalue weighted by atomic mass is 9.95. The third-order valence-electron chi connectivity index (χ3n) is 5.65. The molecule has 218 valence electrons. The Kier molecular flexibility index (Phi) is 11.2. The fraction of sp³-hybridized carbons (Fsp3) is 0.286. The Morgan fingerprint density at radius 1 is 1.12 bits per heavy atom. The molecule has 1 aliphatic heterocycles. The Hall–Kier alpha value is -4.52. The second kappa shape index (κ2) is 14.7. The molecule has 13 heteroatoms. The van der Waals surface area contributed by atoms with E-state index in [0.717, 1.165) is 4.47 Å². The average molecular weight is 631 g/mol. The number of ether oxygens (including phenoxy) is 5. The van der Waals surface area contributed by atoms with Crippen LogP contribution in [0.5, 0.6) is 23.0 Å². The number of hydrogen-bond donors (Lipinski definition) is 3. The summed E-state index contributed by atoms with van der Waals surface area (Å²) >= 11 is 3.41. The van der Waals surface area contributed by atoms with Crippen LogP contribution in [0.15, 0.2) is 63.8 Å². The zero-order valence-electron chi connectivity index (χ0n) is 23.0. The van der Waals surface area contributed by atoms with Gasteiger partial charge >= 0.3 is 12.0 Å². The lowest BCUT2D eigenvalue weighted by molar-refractivity contribution is -0.139. The summed E-state index contributed by atoms with van der Waals surface area (Å²) in [6.07, 6.45) is 3.02. The molecular formula is C28H31BrN4O8. The zero-order valence-corrected chi connectivity index (χ0v) is 24.6. The molecule has 0 fully saturated rings. The van der Waals surface area contributed by atoms with Gasteiger partial charge < -0.3 is 34.3 Å². The fourth-order valence-electron chi connectivity index (χ4n) is 3.89. The summed E-state index contributed by atoms with van der Waals surface area (Å²) in [4.78, 5) is 37.2. The summed E-state index contributed by atoms with van der Waals surface area (Å²) in [6.45, 7) is 7.03. The molecule has 12 nitrogen and oxygen atoms in total. The highest BCUT2D eigenvalue weighted by atomic mass is 79.9. The summed E-state index contributed by atoms with van der Waals surface area (Å²) in [5.41, 5.74) is 4.17. The molecule has 0 unspecified atom stereocenters. The molecule has 3 rings (SSSR count). The smallest absolute Gasteiger partial charge is 0.338 e. The van der Waals surface area contributed by atoms with Crippen LogP contribution in [-0.4, -0.2) is 58.2 Å². The van der Waals surface area contributed by atoms with Crippen LogP contribution in [0.4, 0.5) is 4.79 Å². The summed E-state index contributed by atoms with van der Waals surface area (Å²) in [5.74, 6) is 0.396. The van der Waals surface area contributed by atoms with E-state index in [9.17, 15) is 14.4 Å². The summed E-state index contributed by atoms with van der Waals surface area (Å²) < 4.78 is 28.0. The van der Waals surface area contributed by atoms with Gasteiger partial charge in [-0.25, -0.2) is 15.0 Å². The molecule has 0 saturated heterocycles. The molecule has 1 heterocycles. The standard InChI is InChI=1S/C28H31BrN4O8/c1-6-10-40-26-18(11-19(29)13-22(26)38-5)14-30-33-23(34)15-41-20-9-8-17(12-21(20)37-4)25-24(27(35)39-7-2)16(3)31-28(36)32-25/h6,8-9,11-14,25H,1,7,10,15H2,2-5H3,(H,33,34)(H2,31,32,36)/b30-14+/t25-/m0/s1. The minimum absolute atomic E-state index is 0.180. The topological polar surface area (TPSA) is 146 Å². The minimum Gasteiger partial charge on any atom is -0.493 e. The van der Waals surface area contributed by atoms with Crippen LogP contribution in [0.1, 0.15) is 31.0 Å². The van der Waals surface area contributed by atoms with Crippen molar-refractivity contribution in [2.24, 2.45) is 5.10 Å². The number of carbonyl (C=O) groups is 3. The van der Waals surface area contributed by atoms with E-state index in [2.05, 4.69) is 43.7 Å². The van der Waals surface area contributed by atoms with Gasteiger partial charge in [-0.1, -0.05) is 34.7 Å². The number of hydrogen-bond acceptors (Lipinski definition) is 9. The number of amides is 3. The number of allylic oxidation sites excluding steroid dienone is 1. The fourth-order valence-corrected chi connectivity index (χ4v) is 4.34. The number of hydrazone groups is 1. The van der Waals surface area contributed by atoms with Crippen LogP contribution in [0.25, 0.3) is 0 Å². The summed E-state index contributed by atoms with van der Waals surface area (Å²) in [7, 11) is 2.95. The largest absolute Gasteiger partial charge is 0.493 e. The number of methoxy groups -OCH3 is 2. The third-order valence-corrected chi connectivity index (χ3v) is 6.11. The number of nitrogens with one attached hydrogen (secondary N) is 3. The maximum Gasteiger partial charge on any atom is 0.338 e. The van der Waals surface area contributed by atoms with Crippen molar-refractivity contribution in [1.82, 2.24) is 16.1 Å². The average Bonchev–Trinajstić information content (AvgIpc) is 2.94. The van der Waals surface area contributed by atoms with Crippen LogP contribution in [-0.2, 0) is 14.3 Å². The van der Waals surface area contributed by atoms with Gasteiger partial charge in [-0.2, -0.15) is 5.10 Å². The molecule has 3 N–H and O–H groups in total. The van der Waals surface area contributed by atoms with Gasteiger partial charge in [-0.3, -0.25) is 4.79 Å². The van der Waals surface area contributed by atoms with Crippen LogP contribution in [0.2, 0.25) is 0 Å². The van der Waals surface area contributed by atoms with Gasteiger partial charge in [0.25, 0.3) is 5.91 Å². The monoisotopic (exact) mass is 630 g/mol. The van der Waals surface area contributed by atoms with Crippen molar-refractivity contribution in [3.8, 4) is 23.0 Å². The van der Waals surface area contributed by atoms with Gasteiger partial charge in [0.2, 0.25) is 0 Å². The number of nitrogens with zero attached hydrogens (tertiary/aromatic N) is 1. The van der Waals surface area contributed by atoms with Crippen molar-refractivity contribution in [3.63, 3.8) is 0 Å². The highest BCUT2D eigenvalue weighted by Crippen LogP contribution is 2.35. The highest BCUT2D eigenvalue weighted by Gasteiger charge is 2.32. The first-order valence-electron chi connectivity index (χ1n) is 12.4. The van der Waals surface area contributed by atoms with E-state index in [1.807, 2.05) is 0 Å². The van der Waals surface area contributed by atoms with Gasteiger partial charge in [-0.05, 0) is 43.7 Å². The SMILES string of the molecule is C=CCOc1c(/C=N/NC(=O)COc2ccc([C@@H]3NC(=O)NC(C)=C3C(=O)OCC)cc2OC)cc(Br)cc1OC. The molecule has 3 amide bonds. The van der Waals surface area contributed by atoms with Crippen molar-refractivity contribution >= 4 is 40.1 Å². The highest BCUT2D eigenvalue weighted by molar-refractivity contribution is 9.10. The molecular weight excluding hydrogens is 600 g/mol. The second-order valence-electron chi connectivity index (χ2n) is 8.41. The van der Waals surface area contributed by atoms with Gasteiger partial charge in [0.15, 0.2) is 29.6 Å². The first-order valence-corrected chi connectivity index (χ1v) is 13.2. The first-order chi connectivity index (χ1) is 19.7. The van der Waals surface area contributed by atoms with Crippen molar-refractivity contribution in [2.75, 3.05) is 34.0 Å². The number of urea groups is 1. The predicted octanol–water partition coefficient (Wildman–Crippen LogP) is 3.75. The molecule has 0 spiro atoms.